The maximum atomic E-state index is 12.4. The Morgan fingerprint density at radius 2 is 2.06 bits per heavy atom. The molecule has 0 spiro atoms. The van der Waals surface area contributed by atoms with E-state index in [1.807, 2.05) is 25.1 Å². The van der Waals surface area contributed by atoms with Gasteiger partial charge in [0, 0.05) is 26.2 Å². The van der Waals surface area contributed by atoms with Crippen molar-refractivity contribution in [2.45, 2.75) is 19.4 Å². The predicted octanol–water partition coefficient (Wildman–Crippen LogP) is 1.30. The van der Waals surface area contributed by atoms with Gasteiger partial charge in [-0.3, -0.25) is 9.59 Å². The first kappa shape index (κ1) is 12.6. The minimum absolute atomic E-state index is 0.0273. The van der Waals surface area contributed by atoms with Gasteiger partial charge in [-0.15, -0.1) is 0 Å². The van der Waals surface area contributed by atoms with E-state index in [-0.39, 0.29) is 17.9 Å². The van der Waals surface area contributed by atoms with Crippen molar-refractivity contribution in [3.8, 4) is 0 Å². The summed E-state index contributed by atoms with van der Waals surface area (Å²) in [6.07, 6.45) is 0.712. The molecule has 0 saturated carbocycles. The fraction of sp³-hybridized carbons (Fsp3) is 0.429. The van der Waals surface area contributed by atoms with Gasteiger partial charge in [-0.25, -0.2) is 0 Å². The van der Waals surface area contributed by atoms with Gasteiger partial charge in [0.15, 0.2) is 0 Å². The van der Waals surface area contributed by atoms with E-state index >= 15 is 0 Å². The van der Waals surface area contributed by atoms with Gasteiger partial charge in [-0.1, -0.05) is 18.2 Å². The first-order valence-electron chi connectivity index (χ1n) is 6.10. The number of nitrogens with zero attached hydrogens (tertiary/aromatic N) is 2. The number of hydrogen-bond donors (Lipinski definition) is 0. The Hall–Kier alpha value is -1.84. The second-order valence-corrected chi connectivity index (χ2v) is 4.80. The number of carbonyl (C=O) groups is 2. The van der Waals surface area contributed by atoms with E-state index < -0.39 is 0 Å². The molecule has 0 unspecified atom stereocenters. The highest BCUT2D eigenvalue weighted by Crippen LogP contribution is 2.18. The third kappa shape index (κ3) is 2.10. The fourth-order valence-electron chi connectivity index (χ4n) is 2.31. The van der Waals surface area contributed by atoms with E-state index in [1.165, 1.54) is 0 Å². The summed E-state index contributed by atoms with van der Waals surface area (Å²) in [6, 6.07) is 7.14. The molecule has 0 radical (unpaired) electrons. The van der Waals surface area contributed by atoms with Crippen molar-refractivity contribution in [1.82, 2.24) is 9.80 Å². The Bertz CT molecular complexity index is 484. The summed E-state index contributed by atoms with van der Waals surface area (Å²) in [7, 11) is 3.48. The van der Waals surface area contributed by atoms with Gasteiger partial charge in [0.2, 0.25) is 5.91 Å². The van der Waals surface area contributed by atoms with Crippen molar-refractivity contribution in [3.63, 3.8) is 0 Å². The molecule has 1 aromatic carbocycles. The largest absolute Gasteiger partial charge is 0.344 e. The molecule has 4 nitrogen and oxygen atoms in total. The number of likely N-dealkylation sites (tertiary alicyclic amines) is 1. The molecule has 2 amide bonds. The van der Waals surface area contributed by atoms with Crippen LogP contribution in [0.4, 0.5) is 0 Å². The highest BCUT2D eigenvalue weighted by atomic mass is 16.2. The third-order valence-corrected chi connectivity index (χ3v) is 3.56. The third-order valence-electron chi connectivity index (χ3n) is 3.56. The van der Waals surface area contributed by atoms with Crippen molar-refractivity contribution in [3.05, 3.63) is 35.4 Å². The van der Waals surface area contributed by atoms with Crippen molar-refractivity contribution in [2.24, 2.45) is 0 Å². The van der Waals surface area contributed by atoms with Crippen LogP contribution in [0.1, 0.15) is 22.3 Å². The molecule has 1 aliphatic rings. The molecule has 96 valence electrons. The zero-order chi connectivity index (χ0) is 13.3. The summed E-state index contributed by atoms with van der Waals surface area (Å²) < 4.78 is 0. The van der Waals surface area contributed by atoms with E-state index in [1.54, 1.807) is 30.0 Å². The summed E-state index contributed by atoms with van der Waals surface area (Å²) in [6.45, 7) is 2.62. The van der Waals surface area contributed by atoms with Crippen molar-refractivity contribution < 1.29 is 9.59 Å². The lowest BCUT2D eigenvalue weighted by Gasteiger charge is -2.23. The molecule has 0 N–H and O–H groups in total. The van der Waals surface area contributed by atoms with Crippen LogP contribution in [0.15, 0.2) is 24.3 Å². The molecule has 0 aromatic heterocycles. The lowest BCUT2D eigenvalue weighted by molar-refractivity contribution is -0.130. The average Bonchev–Trinajstić information content (AvgIpc) is 2.69. The van der Waals surface area contributed by atoms with Gasteiger partial charge in [0.1, 0.15) is 6.04 Å². The first-order valence-corrected chi connectivity index (χ1v) is 6.10. The van der Waals surface area contributed by atoms with Crippen LogP contribution in [0.3, 0.4) is 0 Å². The molecule has 0 bridgehead atoms. The standard InChI is InChI=1S/C14H18N2O2/c1-10-6-4-5-7-11(10)13(17)16(3)12-8-9-15(2)14(12)18/h4-7,12H,8-9H2,1-3H3/t12-/m0/s1. The van der Waals surface area contributed by atoms with E-state index in [9.17, 15) is 9.59 Å². The molecule has 2 rings (SSSR count). The zero-order valence-electron chi connectivity index (χ0n) is 11.0. The number of amides is 2. The number of rotatable bonds is 2. The van der Waals surface area contributed by atoms with Crippen LogP contribution in [0.25, 0.3) is 0 Å². The molecule has 1 aliphatic heterocycles. The molecule has 1 saturated heterocycles. The smallest absolute Gasteiger partial charge is 0.254 e. The summed E-state index contributed by atoms with van der Waals surface area (Å²) in [5.41, 5.74) is 1.61. The molecule has 0 aliphatic carbocycles. The Kier molecular flexibility index (Phi) is 3.36. The van der Waals surface area contributed by atoms with Crippen LogP contribution in [0.5, 0.6) is 0 Å². The normalized spacial score (nSPS) is 19.2. The highest BCUT2D eigenvalue weighted by molar-refractivity contribution is 5.98. The molecule has 1 fully saturated rings. The second-order valence-electron chi connectivity index (χ2n) is 4.80. The van der Waals surface area contributed by atoms with Gasteiger partial charge in [0.05, 0.1) is 0 Å². The Balaban J connectivity index is 2.20. The summed E-state index contributed by atoms with van der Waals surface area (Å²) >= 11 is 0. The number of benzene rings is 1. The Labute approximate surface area is 107 Å². The minimum Gasteiger partial charge on any atom is -0.344 e. The van der Waals surface area contributed by atoms with E-state index in [0.717, 1.165) is 12.1 Å². The molecule has 1 heterocycles. The van der Waals surface area contributed by atoms with Gasteiger partial charge >= 0.3 is 0 Å². The van der Waals surface area contributed by atoms with Crippen molar-refractivity contribution in [2.75, 3.05) is 20.6 Å². The number of likely N-dealkylation sites (N-methyl/N-ethyl adjacent to an activating group) is 2. The van der Waals surface area contributed by atoms with Gasteiger partial charge in [-0.2, -0.15) is 0 Å². The average molecular weight is 246 g/mol. The predicted molar refractivity (Wildman–Crippen MR) is 69.3 cm³/mol. The number of aryl methyl sites for hydroxylation is 1. The molecular weight excluding hydrogens is 228 g/mol. The summed E-state index contributed by atoms with van der Waals surface area (Å²) in [5, 5.41) is 0. The van der Waals surface area contributed by atoms with E-state index in [0.29, 0.717) is 12.0 Å². The van der Waals surface area contributed by atoms with Crippen LogP contribution in [-0.2, 0) is 4.79 Å². The molecule has 1 atom stereocenters. The van der Waals surface area contributed by atoms with E-state index in [4.69, 9.17) is 0 Å². The van der Waals surface area contributed by atoms with Crippen LogP contribution < -0.4 is 0 Å². The zero-order valence-corrected chi connectivity index (χ0v) is 11.0. The Morgan fingerprint density at radius 1 is 1.39 bits per heavy atom. The highest BCUT2D eigenvalue weighted by Gasteiger charge is 2.34. The monoisotopic (exact) mass is 246 g/mol. The van der Waals surface area contributed by atoms with Crippen molar-refractivity contribution in [1.29, 1.82) is 0 Å². The maximum absolute atomic E-state index is 12.4. The van der Waals surface area contributed by atoms with Crippen molar-refractivity contribution >= 4 is 11.8 Å². The molecule has 1 aromatic rings. The number of hydrogen-bond acceptors (Lipinski definition) is 2. The maximum Gasteiger partial charge on any atom is 0.254 e. The fourth-order valence-corrected chi connectivity index (χ4v) is 2.31. The quantitative estimate of drug-likeness (QED) is 0.789. The minimum atomic E-state index is -0.317. The van der Waals surface area contributed by atoms with Crippen LogP contribution >= 0.6 is 0 Å². The first-order chi connectivity index (χ1) is 8.52. The van der Waals surface area contributed by atoms with Crippen LogP contribution in [-0.4, -0.2) is 48.3 Å². The van der Waals surface area contributed by atoms with Gasteiger partial charge in [-0.05, 0) is 25.0 Å². The van der Waals surface area contributed by atoms with Gasteiger partial charge < -0.3 is 9.80 Å². The van der Waals surface area contributed by atoms with Crippen LogP contribution in [0.2, 0.25) is 0 Å². The molecule has 18 heavy (non-hydrogen) atoms. The lowest BCUT2D eigenvalue weighted by Crippen LogP contribution is -2.42. The summed E-state index contributed by atoms with van der Waals surface area (Å²) in [5.74, 6) is -0.0545. The van der Waals surface area contributed by atoms with Crippen LogP contribution in [0, 0.1) is 6.92 Å². The number of carbonyl (C=O) groups excluding carboxylic acids is 2. The SMILES string of the molecule is Cc1ccccc1C(=O)N(C)[C@H]1CCN(C)C1=O. The lowest BCUT2D eigenvalue weighted by atomic mass is 10.1. The molecule has 4 heteroatoms. The second kappa shape index (κ2) is 4.80. The topological polar surface area (TPSA) is 40.6 Å². The Morgan fingerprint density at radius 3 is 2.61 bits per heavy atom. The van der Waals surface area contributed by atoms with E-state index in [2.05, 4.69) is 0 Å². The van der Waals surface area contributed by atoms with Gasteiger partial charge in [0.25, 0.3) is 5.91 Å². The summed E-state index contributed by atoms with van der Waals surface area (Å²) in [4.78, 5) is 27.5. The molecular formula is C14H18N2O2.